The predicted molar refractivity (Wildman–Crippen MR) is 84.1 cm³/mol. The monoisotopic (exact) mass is 311 g/mol. The second-order valence-corrected chi connectivity index (χ2v) is 5.89. The Kier molecular flexibility index (Phi) is 5.88. The Morgan fingerprint density at radius 2 is 2.14 bits per heavy atom. The molecule has 0 spiro atoms. The highest BCUT2D eigenvalue weighted by Gasteiger charge is 2.28. The smallest absolute Gasteiger partial charge is 0.323 e. The molecule has 1 aromatic rings. The van der Waals surface area contributed by atoms with Gasteiger partial charge in [-0.1, -0.05) is 24.9 Å². The zero-order chi connectivity index (χ0) is 15.2. The molecule has 4 nitrogen and oxygen atoms in total. The van der Waals surface area contributed by atoms with Gasteiger partial charge in [-0.15, -0.1) is 0 Å². The van der Waals surface area contributed by atoms with Crippen molar-refractivity contribution in [3.05, 3.63) is 29.3 Å². The van der Waals surface area contributed by atoms with Gasteiger partial charge < -0.3 is 14.7 Å². The highest BCUT2D eigenvalue weighted by atomic mass is 35.5. The molecule has 1 heterocycles. The van der Waals surface area contributed by atoms with Gasteiger partial charge in [-0.3, -0.25) is 4.79 Å². The van der Waals surface area contributed by atoms with Crippen LogP contribution in [0.2, 0.25) is 5.02 Å². The number of halogens is 1. The number of carboxylic acids is 1. The fourth-order valence-corrected chi connectivity index (χ4v) is 3.00. The molecule has 1 aliphatic heterocycles. The van der Waals surface area contributed by atoms with Crippen molar-refractivity contribution in [2.75, 3.05) is 18.1 Å². The van der Waals surface area contributed by atoms with Gasteiger partial charge in [0.1, 0.15) is 6.54 Å². The van der Waals surface area contributed by atoms with E-state index in [0.29, 0.717) is 11.6 Å². The molecule has 116 valence electrons. The molecule has 1 N–H and O–H groups in total. The third kappa shape index (κ3) is 4.61. The number of hydrogen-bond acceptors (Lipinski definition) is 3. The molecule has 0 aliphatic carbocycles. The van der Waals surface area contributed by atoms with E-state index in [-0.39, 0.29) is 18.7 Å². The summed E-state index contributed by atoms with van der Waals surface area (Å²) < 4.78 is 5.76. The fraction of sp³-hybridized carbons (Fsp3) is 0.562. The molecule has 2 atom stereocenters. The lowest BCUT2D eigenvalue weighted by molar-refractivity contribution is -0.135. The third-order valence-electron chi connectivity index (χ3n) is 3.85. The van der Waals surface area contributed by atoms with Crippen molar-refractivity contribution in [2.24, 2.45) is 0 Å². The summed E-state index contributed by atoms with van der Waals surface area (Å²) in [5, 5.41) is 9.86. The molecule has 0 saturated carbocycles. The van der Waals surface area contributed by atoms with Crippen LogP contribution in [0.1, 0.15) is 32.6 Å². The summed E-state index contributed by atoms with van der Waals surface area (Å²) in [4.78, 5) is 13.2. The molecule has 2 unspecified atom stereocenters. The minimum absolute atomic E-state index is 0.00510. The first-order chi connectivity index (χ1) is 10.1. The molecule has 21 heavy (non-hydrogen) atoms. The Morgan fingerprint density at radius 1 is 1.43 bits per heavy atom. The Hall–Kier alpha value is -1.26. The maximum atomic E-state index is 11.2. The third-order valence-corrected chi connectivity index (χ3v) is 4.11. The van der Waals surface area contributed by atoms with Gasteiger partial charge in [0.2, 0.25) is 0 Å². The number of carboxylic acid groups (broad SMARTS) is 1. The molecule has 1 aliphatic rings. The molecular formula is C16H22ClNO3. The molecule has 0 amide bonds. The van der Waals surface area contributed by atoms with Crippen molar-refractivity contribution in [3.8, 4) is 0 Å². The maximum Gasteiger partial charge on any atom is 0.323 e. The first-order valence-corrected chi connectivity index (χ1v) is 7.83. The van der Waals surface area contributed by atoms with Gasteiger partial charge in [0.15, 0.2) is 0 Å². The molecule has 1 aromatic carbocycles. The number of aliphatic carboxylic acids is 1. The number of ether oxygens (including phenoxy) is 1. The van der Waals surface area contributed by atoms with Crippen molar-refractivity contribution in [1.29, 1.82) is 0 Å². The van der Waals surface area contributed by atoms with Crippen LogP contribution < -0.4 is 4.90 Å². The van der Waals surface area contributed by atoms with Gasteiger partial charge in [0.05, 0.1) is 6.10 Å². The van der Waals surface area contributed by atoms with E-state index >= 15 is 0 Å². The maximum absolute atomic E-state index is 11.2. The highest BCUT2D eigenvalue weighted by molar-refractivity contribution is 6.30. The summed E-state index contributed by atoms with van der Waals surface area (Å²) in [7, 11) is 0. The molecule has 1 fully saturated rings. The average Bonchev–Trinajstić information content (AvgIpc) is 2.46. The lowest BCUT2D eigenvalue weighted by atomic mass is 9.98. The van der Waals surface area contributed by atoms with E-state index in [0.717, 1.165) is 31.4 Å². The zero-order valence-electron chi connectivity index (χ0n) is 12.3. The van der Waals surface area contributed by atoms with Gasteiger partial charge in [-0.25, -0.2) is 0 Å². The van der Waals surface area contributed by atoms with Crippen molar-refractivity contribution in [2.45, 2.75) is 44.8 Å². The highest BCUT2D eigenvalue weighted by Crippen LogP contribution is 2.27. The van der Waals surface area contributed by atoms with Gasteiger partial charge in [-0.2, -0.15) is 0 Å². The second kappa shape index (κ2) is 7.66. The summed E-state index contributed by atoms with van der Waals surface area (Å²) in [5.74, 6) is -0.816. The Balaban J connectivity index is 2.15. The molecule has 0 radical (unpaired) electrons. The molecule has 1 saturated heterocycles. The van der Waals surface area contributed by atoms with Crippen molar-refractivity contribution in [3.63, 3.8) is 0 Å². The molecule has 0 aromatic heterocycles. The largest absolute Gasteiger partial charge is 0.480 e. The van der Waals surface area contributed by atoms with Crippen LogP contribution in [0.3, 0.4) is 0 Å². The summed E-state index contributed by atoms with van der Waals surface area (Å²) >= 11 is 5.92. The molecule has 2 rings (SSSR count). The topological polar surface area (TPSA) is 49.8 Å². The van der Waals surface area contributed by atoms with Gasteiger partial charge in [0, 0.05) is 23.4 Å². The van der Waals surface area contributed by atoms with Crippen LogP contribution in [0.15, 0.2) is 24.3 Å². The Bertz CT molecular complexity index is 461. The van der Waals surface area contributed by atoms with Crippen LogP contribution in [0, 0.1) is 0 Å². The van der Waals surface area contributed by atoms with E-state index in [1.807, 2.05) is 17.0 Å². The van der Waals surface area contributed by atoms with Crippen molar-refractivity contribution in [1.82, 2.24) is 0 Å². The van der Waals surface area contributed by atoms with E-state index in [2.05, 4.69) is 6.92 Å². The number of rotatable bonds is 6. The Labute approximate surface area is 130 Å². The number of nitrogens with zero attached hydrogens (tertiary/aromatic N) is 1. The normalized spacial score (nSPS) is 22.0. The minimum atomic E-state index is -0.816. The minimum Gasteiger partial charge on any atom is -0.480 e. The first-order valence-electron chi connectivity index (χ1n) is 7.45. The predicted octanol–water partition coefficient (Wildman–Crippen LogP) is 3.58. The molecular weight excluding hydrogens is 290 g/mol. The van der Waals surface area contributed by atoms with E-state index < -0.39 is 5.97 Å². The van der Waals surface area contributed by atoms with Crippen LogP contribution in [0.5, 0.6) is 0 Å². The summed E-state index contributed by atoms with van der Waals surface area (Å²) in [6.07, 6.45) is 4.08. The second-order valence-electron chi connectivity index (χ2n) is 5.46. The fourth-order valence-electron chi connectivity index (χ4n) is 2.88. The Morgan fingerprint density at radius 3 is 2.76 bits per heavy atom. The van der Waals surface area contributed by atoms with Crippen LogP contribution >= 0.6 is 11.6 Å². The quantitative estimate of drug-likeness (QED) is 0.872. The molecule has 0 bridgehead atoms. The van der Waals surface area contributed by atoms with Gasteiger partial charge in [0.25, 0.3) is 0 Å². The average molecular weight is 312 g/mol. The van der Waals surface area contributed by atoms with Crippen LogP contribution in [0.4, 0.5) is 5.69 Å². The van der Waals surface area contributed by atoms with E-state index in [4.69, 9.17) is 16.3 Å². The van der Waals surface area contributed by atoms with Crippen LogP contribution in [-0.2, 0) is 9.53 Å². The zero-order valence-corrected chi connectivity index (χ0v) is 13.1. The number of hydrogen-bond donors (Lipinski definition) is 1. The first kappa shape index (κ1) is 16.1. The van der Waals surface area contributed by atoms with E-state index in [1.165, 1.54) is 0 Å². The number of benzene rings is 1. The summed E-state index contributed by atoms with van der Waals surface area (Å²) in [6.45, 7) is 2.84. The summed E-state index contributed by atoms with van der Waals surface area (Å²) in [6, 6.07) is 7.57. The van der Waals surface area contributed by atoms with Crippen LogP contribution in [-0.4, -0.2) is 36.4 Å². The standard InChI is InChI=1S/C16H22ClNO3/c1-2-3-15-10-14(8-9-21-15)18(11-16(19)20)13-6-4-12(17)5-7-13/h4-7,14-15H,2-3,8-11H2,1H3,(H,19,20). The molecule has 5 heteroatoms. The SMILES string of the molecule is CCCC1CC(N(CC(=O)O)c2ccc(Cl)cc2)CCO1. The lowest BCUT2D eigenvalue weighted by Gasteiger charge is -2.38. The van der Waals surface area contributed by atoms with E-state index in [1.54, 1.807) is 12.1 Å². The lowest BCUT2D eigenvalue weighted by Crippen LogP contribution is -2.45. The van der Waals surface area contributed by atoms with Gasteiger partial charge in [-0.05, 0) is 43.5 Å². The van der Waals surface area contributed by atoms with E-state index in [9.17, 15) is 9.90 Å². The van der Waals surface area contributed by atoms with Crippen molar-refractivity contribution >= 4 is 23.3 Å². The summed E-state index contributed by atoms with van der Waals surface area (Å²) in [5.41, 5.74) is 0.906. The van der Waals surface area contributed by atoms with Crippen LogP contribution in [0.25, 0.3) is 0 Å². The van der Waals surface area contributed by atoms with Crippen molar-refractivity contribution < 1.29 is 14.6 Å². The number of carbonyl (C=O) groups is 1. The number of anilines is 1. The van der Waals surface area contributed by atoms with Gasteiger partial charge >= 0.3 is 5.97 Å².